The Morgan fingerprint density at radius 1 is 1.08 bits per heavy atom. The summed E-state index contributed by atoms with van der Waals surface area (Å²) in [7, 11) is -3.80. The topological polar surface area (TPSA) is 75.3 Å². The molecule has 2 N–H and O–H groups in total. The van der Waals surface area contributed by atoms with Crippen molar-refractivity contribution in [1.29, 1.82) is 0 Å². The number of sulfonamides is 1. The average Bonchev–Trinajstić information content (AvgIpc) is 2.50. The highest BCUT2D eigenvalue weighted by atomic mass is 35.5. The predicted molar refractivity (Wildman–Crippen MR) is 96.1 cm³/mol. The van der Waals surface area contributed by atoms with Crippen LogP contribution in [0.1, 0.15) is 12.5 Å². The molecule has 0 aliphatic carbocycles. The van der Waals surface area contributed by atoms with E-state index >= 15 is 0 Å². The summed E-state index contributed by atoms with van der Waals surface area (Å²) < 4.78 is 26.9. The minimum atomic E-state index is -3.80. The van der Waals surface area contributed by atoms with Gasteiger partial charge in [0.15, 0.2) is 0 Å². The number of anilines is 1. The van der Waals surface area contributed by atoms with Crippen molar-refractivity contribution in [3.63, 3.8) is 0 Å². The Morgan fingerprint density at radius 3 is 2.29 bits per heavy atom. The Morgan fingerprint density at radius 2 is 1.71 bits per heavy atom. The zero-order valence-corrected chi connectivity index (χ0v) is 15.3. The van der Waals surface area contributed by atoms with Crippen LogP contribution in [0.15, 0.2) is 47.4 Å². The van der Waals surface area contributed by atoms with E-state index < -0.39 is 22.0 Å². The van der Waals surface area contributed by atoms with E-state index in [9.17, 15) is 13.2 Å². The fourth-order valence-electron chi connectivity index (χ4n) is 1.90. The summed E-state index contributed by atoms with van der Waals surface area (Å²) in [6, 6.07) is 9.97. The minimum Gasteiger partial charge on any atom is -0.323 e. The van der Waals surface area contributed by atoms with E-state index in [2.05, 4.69) is 10.0 Å². The third-order valence-electron chi connectivity index (χ3n) is 3.25. The number of carbonyl (C=O) groups is 1. The summed E-state index contributed by atoms with van der Waals surface area (Å²) >= 11 is 11.8. The molecule has 0 spiro atoms. The lowest BCUT2D eigenvalue weighted by molar-refractivity contribution is -0.117. The number of hydrogen-bond acceptors (Lipinski definition) is 3. The van der Waals surface area contributed by atoms with Gasteiger partial charge < -0.3 is 5.32 Å². The summed E-state index contributed by atoms with van der Waals surface area (Å²) in [5.74, 6) is -0.532. The molecule has 0 aliphatic heterocycles. The van der Waals surface area contributed by atoms with Gasteiger partial charge >= 0.3 is 0 Å². The monoisotopic (exact) mass is 386 g/mol. The van der Waals surface area contributed by atoms with E-state index in [0.717, 1.165) is 5.56 Å². The summed E-state index contributed by atoms with van der Waals surface area (Å²) in [6.45, 7) is 3.31. The molecular weight excluding hydrogens is 371 g/mol. The van der Waals surface area contributed by atoms with E-state index in [0.29, 0.717) is 10.7 Å². The molecule has 0 aromatic heterocycles. The van der Waals surface area contributed by atoms with Crippen molar-refractivity contribution in [2.45, 2.75) is 24.8 Å². The molecule has 0 fully saturated rings. The van der Waals surface area contributed by atoms with Gasteiger partial charge in [-0.2, -0.15) is 4.72 Å². The number of carbonyl (C=O) groups excluding carboxylic acids is 1. The first kappa shape index (κ1) is 18.7. The van der Waals surface area contributed by atoms with Gasteiger partial charge in [0, 0.05) is 5.02 Å². The van der Waals surface area contributed by atoms with Crippen molar-refractivity contribution in [2.24, 2.45) is 0 Å². The number of halogens is 2. The Balaban J connectivity index is 2.09. The number of benzene rings is 2. The van der Waals surface area contributed by atoms with Crippen LogP contribution < -0.4 is 10.0 Å². The minimum absolute atomic E-state index is 0.0947. The third-order valence-corrected chi connectivity index (χ3v) is 5.35. The van der Waals surface area contributed by atoms with Crippen molar-refractivity contribution in [1.82, 2.24) is 4.72 Å². The largest absolute Gasteiger partial charge is 0.323 e. The van der Waals surface area contributed by atoms with Gasteiger partial charge in [-0.05, 0) is 44.2 Å². The summed E-state index contributed by atoms with van der Waals surface area (Å²) in [4.78, 5) is 12.3. The molecule has 24 heavy (non-hydrogen) atoms. The molecule has 128 valence electrons. The average molecular weight is 387 g/mol. The van der Waals surface area contributed by atoms with Gasteiger partial charge in [0.05, 0.1) is 21.6 Å². The first-order chi connectivity index (χ1) is 11.2. The van der Waals surface area contributed by atoms with Gasteiger partial charge in [0.25, 0.3) is 0 Å². The Hall–Kier alpha value is -1.60. The summed E-state index contributed by atoms with van der Waals surface area (Å²) in [5.41, 5.74) is 1.30. The number of hydrogen-bond donors (Lipinski definition) is 2. The van der Waals surface area contributed by atoms with Crippen LogP contribution in [0.4, 0.5) is 5.69 Å². The lowest BCUT2D eigenvalue weighted by Crippen LogP contribution is -2.41. The van der Waals surface area contributed by atoms with Crippen LogP contribution in [-0.4, -0.2) is 20.4 Å². The molecule has 0 bridgehead atoms. The molecule has 5 nitrogen and oxygen atoms in total. The summed E-state index contributed by atoms with van der Waals surface area (Å²) in [5, 5.41) is 3.27. The zero-order chi connectivity index (χ0) is 17.9. The molecule has 0 aliphatic rings. The third kappa shape index (κ3) is 4.70. The second-order valence-corrected chi connectivity index (χ2v) is 7.83. The highest BCUT2D eigenvalue weighted by Gasteiger charge is 2.22. The lowest BCUT2D eigenvalue weighted by atomic mass is 10.2. The quantitative estimate of drug-likeness (QED) is 0.823. The van der Waals surface area contributed by atoms with Crippen LogP contribution >= 0.6 is 23.2 Å². The maximum absolute atomic E-state index is 12.3. The predicted octanol–water partition coefficient (Wildman–Crippen LogP) is 3.61. The van der Waals surface area contributed by atoms with E-state index in [4.69, 9.17) is 23.2 Å². The van der Waals surface area contributed by atoms with Gasteiger partial charge in [0.1, 0.15) is 0 Å². The van der Waals surface area contributed by atoms with Crippen molar-refractivity contribution in [3.8, 4) is 0 Å². The molecular formula is C16H16Cl2N2O3S. The zero-order valence-electron chi connectivity index (χ0n) is 13.0. The second kappa shape index (κ2) is 7.53. The van der Waals surface area contributed by atoms with E-state index in [-0.39, 0.29) is 9.92 Å². The molecule has 0 saturated heterocycles. The molecule has 2 aromatic carbocycles. The fourth-order valence-corrected chi connectivity index (χ4v) is 3.56. The molecule has 8 heteroatoms. The normalized spacial score (nSPS) is 12.7. The van der Waals surface area contributed by atoms with Gasteiger partial charge in [-0.15, -0.1) is 0 Å². The summed E-state index contributed by atoms with van der Waals surface area (Å²) in [6.07, 6.45) is 0. The molecule has 1 amide bonds. The first-order valence-corrected chi connectivity index (χ1v) is 9.28. The molecule has 2 aromatic rings. The maximum Gasteiger partial charge on any atom is 0.242 e. The maximum atomic E-state index is 12.3. The number of nitrogens with one attached hydrogen (secondary N) is 2. The SMILES string of the molecule is Cc1ccc(S(=O)(=O)N[C@H](C)C(=O)Nc2ccc(Cl)cc2Cl)cc1. The Labute approximate surface area is 151 Å². The van der Waals surface area contributed by atoms with Crippen molar-refractivity contribution in [3.05, 3.63) is 58.1 Å². The number of aryl methyl sites for hydroxylation is 1. The molecule has 1 atom stereocenters. The fraction of sp³-hybridized carbons (Fsp3) is 0.188. The van der Waals surface area contributed by atoms with Crippen LogP contribution in [-0.2, 0) is 14.8 Å². The van der Waals surface area contributed by atoms with Crippen molar-refractivity contribution in [2.75, 3.05) is 5.32 Å². The van der Waals surface area contributed by atoms with E-state index in [1.165, 1.54) is 25.1 Å². The van der Waals surface area contributed by atoms with Gasteiger partial charge in [-0.25, -0.2) is 8.42 Å². The van der Waals surface area contributed by atoms with Gasteiger partial charge in [0.2, 0.25) is 15.9 Å². The van der Waals surface area contributed by atoms with Crippen LogP contribution in [0.5, 0.6) is 0 Å². The van der Waals surface area contributed by atoms with Crippen molar-refractivity contribution >= 4 is 44.8 Å². The number of rotatable bonds is 5. The standard InChI is InChI=1S/C16H16Cl2N2O3S/c1-10-3-6-13(7-4-10)24(22,23)20-11(2)16(21)19-15-8-5-12(17)9-14(15)18/h3-9,11,20H,1-2H3,(H,19,21)/t11-/m1/s1. The van der Waals surface area contributed by atoms with Crippen LogP contribution in [0.3, 0.4) is 0 Å². The van der Waals surface area contributed by atoms with Gasteiger partial charge in [-0.1, -0.05) is 40.9 Å². The Bertz CT molecular complexity index is 852. The van der Waals surface area contributed by atoms with E-state index in [1.54, 1.807) is 24.3 Å². The molecule has 0 saturated carbocycles. The molecule has 0 unspecified atom stereocenters. The molecule has 0 heterocycles. The van der Waals surface area contributed by atoms with E-state index in [1.807, 2.05) is 6.92 Å². The van der Waals surface area contributed by atoms with Crippen LogP contribution in [0, 0.1) is 6.92 Å². The molecule has 2 rings (SSSR count). The van der Waals surface area contributed by atoms with Crippen molar-refractivity contribution < 1.29 is 13.2 Å². The van der Waals surface area contributed by atoms with Crippen LogP contribution in [0.25, 0.3) is 0 Å². The van der Waals surface area contributed by atoms with Crippen LogP contribution in [0.2, 0.25) is 10.0 Å². The smallest absolute Gasteiger partial charge is 0.242 e. The highest BCUT2D eigenvalue weighted by Crippen LogP contribution is 2.25. The highest BCUT2D eigenvalue weighted by molar-refractivity contribution is 7.89. The lowest BCUT2D eigenvalue weighted by Gasteiger charge is -2.15. The number of amides is 1. The first-order valence-electron chi connectivity index (χ1n) is 7.04. The van der Waals surface area contributed by atoms with Gasteiger partial charge in [-0.3, -0.25) is 4.79 Å². The second-order valence-electron chi connectivity index (χ2n) is 5.27. The Kier molecular flexibility index (Phi) is 5.87. The molecule has 0 radical (unpaired) electrons.